The summed E-state index contributed by atoms with van der Waals surface area (Å²) < 4.78 is 5.42. The monoisotopic (exact) mass is 330 g/mol. The fourth-order valence-electron chi connectivity index (χ4n) is 4.08. The van der Waals surface area contributed by atoms with Gasteiger partial charge in [0.15, 0.2) is 0 Å². The Hall–Kier alpha value is -2.74. The van der Waals surface area contributed by atoms with E-state index in [1.165, 1.54) is 22.3 Å². The van der Waals surface area contributed by atoms with Crippen molar-refractivity contribution in [3.63, 3.8) is 0 Å². The van der Waals surface area contributed by atoms with Crippen LogP contribution in [-0.2, 0) is 6.42 Å². The molecule has 4 rings (SSSR count). The number of phenols is 1. The normalized spacial score (nSPS) is 19.2. The number of rotatable bonds is 3. The molecule has 0 saturated heterocycles. The molecule has 0 radical (unpaired) electrons. The van der Waals surface area contributed by atoms with Crippen LogP contribution in [-0.4, -0.2) is 12.2 Å². The Labute approximate surface area is 148 Å². The zero-order valence-electron chi connectivity index (χ0n) is 14.4. The SMILES string of the molecule is COc1ccc2c(c1)CCC(c1ccccc1)C2c1ccc(O)cc1. The third-order valence-corrected chi connectivity index (χ3v) is 5.29. The van der Waals surface area contributed by atoms with Crippen molar-refractivity contribution in [2.45, 2.75) is 24.7 Å². The topological polar surface area (TPSA) is 29.5 Å². The molecular weight excluding hydrogens is 308 g/mol. The van der Waals surface area contributed by atoms with Gasteiger partial charge in [-0.15, -0.1) is 0 Å². The number of methoxy groups -OCH3 is 1. The minimum absolute atomic E-state index is 0.289. The molecule has 3 aromatic carbocycles. The first-order valence-electron chi connectivity index (χ1n) is 8.77. The van der Waals surface area contributed by atoms with Crippen molar-refractivity contribution in [1.82, 2.24) is 0 Å². The van der Waals surface area contributed by atoms with Gasteiger partial charge in [-0.1, -0.05) is 48.5 Å². The second-order valence-electron chi connectivity index (χ2n) is 6.69. The highest BCUT2D eigenvalue weighted by Crippen LogP contribution is 2.47. The number of aromatic hydroxyl groups is 1. The van der Waals surface area contributed by atoms with Gasteiger partial charge in [0.1, 0.15) is 11.5 Å². The van der Waals surface area contributed by atoms with Gasteiger partial charge in [0, 0.05) is 5.92 Å². The largest absolute Gasteiger partial charge is 0.508 e. The van der Waals surface area contributed by atoms with Crippen molar-refractivity contribution >= 4 is 0 Å². The van der Waals surface area contributed by atoms with E-state index in [0.717, 1.165) is 18.6 Å². The first-order valence-corrected chi connectivity index (χ1v) is 8.77. The average molecular weight is 330 g/mol. The fourth-order valence-corrected chi connectivity index (χ4v) is 4.08. The molecule has 2 nitrogen and oxygen atoms in total. The Morgan fingerprint density at radius 3 is 2.36 bits per heavy atom. The van der Waals surface area contributed by atoms with E-state index >= 15 is 0 Å². The predicted octanol–water partition coefficient (Wildman–Crippen LogP) is 5.26. The molecule has 2 atom stereocenters. The molecule has 0 fully saturated rings. The van der Waals surface area contributed by atoms with Gasteiger partial charge in [-0.05, 0) is 65.3 Å². The molecule has 0 amide bonds. The molecule has 0 bridgehead atoms. The van der Waals surface area contributed by atoms with Gasteiger partial charge < -0.3 is 9.84 Å². The molecule has 126 valence electrons. The van der Waals surface area contributed by atoms with Crippen LogP contribution in [0.25, 0.3) is 0 Å². The number of ether oxygens (including phenoxy) is 1. The molecule has 0 saturated carbocycles. The third kappa shape index (κ3) is 3.00. The van der Waals surface area contributed by atoms with Crippen molar-refractivity contribution in [2.24, 2.45) is 0 Å². The molecular formula is C23H22O2. The predicted molar refractivity (Wildman–Crippen MR) is 100 cm³/mol. The van der Waals surface area contributed by atoms with Crippen molar-refractivity contribution in [3.05, 3.63) is 95.1 Å². The quantitative estimate of drug-likeness (QED) is 0.709. The second-order valence-corrected chi connectivity index (χ2v) is 6.69. The first-order chi connectivity index (χ1) is 12.3. The molecule has 1 N–H and O–H groups in total. The molecule has 0 aromatic heterocycles. The van der Waals surface area contributed by atoms with Crippen LogP contribution in [0.3, 0.4) is 0 Å². The van der Waals surface area contributed by atoms with E-state index in [4.69, 9.17) is 4.74 Å². The summed E-state index contributed by atoms with van der Waals surface area (Å²) in [5.41, 5.74) is 5.36. The van der Waals surface area contributed by atoms with Crippen LogP contribution < -0.4 is 4.74 Å². The first kappa shape index (κ1) is 15.8. The Morgan fingerprint density at radius 1 is 0.880 bits per heavy atom. The third-order valence-electron chi connectivity index (χ3n) is 5.29. The summed E-state index contributed by atoms with van der Waals surface area (Å²) in [5.74, 6) is 1.96. The lowest BCUT2D eigenvalue weighted by atomic mass is 9.69. The van der Waals surface area contributed by atoms with Crippen LogP contribution in [0.1, 0.15) is 40.5 Å². The highest BCUT2D eigenvalue weighted by Gasteiger charge is 2.32. The van der Waals surface area contributed by atoms with Gasteiger partial charge in [-0.2, -0.15) is 0 Å². The maximum absolute atomic E-state index is 9.69. The summed E-state index contributed by atoms with van der Waals surface area (Å²) in [6, 6.07) is 24.9. The molecule has 1 aliphatic carbocycles. The van der Waals surface area contributed by atoms with Crippen molar-refractivity contribution in [2.75, 3.05) is 7.11 Å². The smallest absolute Gasteiger partial charge is 0.119 e. The van der Waals surface area contributed by atoms with E-state index in [1.54, 1.807) is 19.2 Å². The van der Waals surface area contributed by atoms with Crippen molar-refractivity contribution < 1.29 is 9.84 Å². The van der Waals surface area contributed by atoms with Gasteiger partial charge in [0.25, 0.3) is 0 Å². The van der Waals surface area contributed by atoms with Crippen LogP contribution in [0.4, 0.5) is 0 Å². The molecule has 2 heteroatoms. The summed E-state index contributed by atoms with van der Waals surface area (Å²) >= 11 is 0. The van der Waals surface area contributed by atoms with E-state index in [9.17, 15) is 5.11 Å². The Kier molecular flexibility index (Phi) is 4.19. The molecule has 2 unspecified atom stereocenters. The number of benzene rings is 3. The minimum atomic E-state index is 0.289. The standard InChI is InChI=1S/C23H22O2/c1-25-20-12-14-22-18(15-20)9-13-21(16-5-3-2-4-6-16)23(22)17-7-10-19(24)11-8-17/h2-8,10-12,14-15,21,23-24H,9,13H2,1H3. The second kappa shape index (κ2) is 6.64. The zero-order valence-corrected chi connectivity index (χ0v) is 14.4. The molecule has 25 heavy (non-hydrogen) atoms. The molecule has 0 heterocycles. The van der Waals surface area contributed by atoms with Gasteiger partial charge in [-0.3, -0.25) is 0 Å². The van der Waals surface area contributed by atoms with Gasteiger partial charge in [0.2, 0.25) is 0 Å². The van der Waals surface area contributed by atoms with Crippen LogP contribution in [0.15, 0.2) is 72.8 Å². The van der Waals surface area contributed by atoms with Crippen molar-refractivity contribution in [1.29, 1.82) is 0 Å². The van der Waals surface area contributed by atoms with Crippen LogP contribution in [0.5, 0.6) is 11.5 Å². The maximum Gasteiger partial charge on any atom is 0.119 e. The van der Waals surface area contributed by atoms with E-state index in [2.05, 4.69) is 60.7 Å². The summed E-state index contributed by atoms with van der Waals surface area (Å²) in [4.78, 5) is 0. The number of fused-ring (bicyclic) bond motifs is 1. The van der Waals surface area contributed by atoms with E-state index in [-0.39, 0.29) is 5.92 Å². The van der Waals surface area contributed by atoms with Gasteiger partial charge in [0.05, 0.1) is 7.11 Å². The summed E-state index contributed by atoms with van der Waals surface area (Å²) in [6.45, 7) is 0. The Bertz CT molecular complexity index is 853. The molecule has 0 spiro atoms. The van der Waals surface area contributed by atoms with E-state index < -0.39 is 0 Å². The summed E-state index contributed by atoms with van der Waals surface area (Å²) in [6.07, 6.45) is 2.16. The number of hydrogen-bond donors (Lipinski definition) is 1. The average Bonchev–Trinajstić information content (AvgIpc) is 2.68. The highest BCUT2D eigenvalue weighted by molar-refractivity contribution is 5.48. The maximum atomic E-state index is 9.69. The van der Waals surface area contributed by atoms with Gasteiger partial charge >= 0.3 is 0 Å². The summed E-state index contributed by atoms with van der Waals surface area (Å²) in [7, 11) is 1.72. The van der Waals surface area contributed by atoms with Crippen LogP contribution in [0, 0.1) is 0 Å². The number of phenolic OH excluding ortho intramolecular Hbond substituents is 1. The molecule has 0 aliphatic heterocycles. The lowest BCUT2D eigenvalue weighted by Gasteiger charge is -2.35. The lowest BCUT2D eigenvalue weighted by molar-refractivity contribution is 0.412. The summed E-state index contributed by atoms with van der Waals surface area (Å²) in [5, 5.41) is 9.69. The highest BCUT2D eigenvalue weighted by atomic mass is 16.5. The number of aryl methyl sites for hydroxylation is 1. The van der Waals surface area contributed by atoms with Crippen LogP contribution in [0.2, 0.25) is 0 Å². The number of hydrogen-bond acceptors (Lipinski definition) is 2. The zero-order chi connectivity index (χ0) is 17.2. The molecule has 3 aromatic rings. The van der Waals surface area contributed by atoms with Gasteiger partial charge in [-0.25, -0.2) is 0 Å². The fraction of sp³-hybridized carbons (Fsp3) is 0.217. The Balaban J connectivity index is 1.84. The minimum Gasteiger partial charge on any atom is -0.508 e. The lowest BCUT2D eigenvalue weighted by Crippen LogP contribution is -2.20. The Morgan fingerprint density at radius 2 is 1.64 bits per heavy atom. The van der Waals surface area contributed by atoms with E-state index in [0.29, 0.717) is 11.7 Å². The van der Waals surface area contributed by atoms with Crippen molar-refractivity contribution in [3.8, 4) is 11.5 Å². The molecule has 1 aliphatic rings. The van der Waals surface area contributed by atoms with E-state index in [1.807, 2.05) is 0 Å². The van der Waals surface area contributed by atoms with Crippen LogP contribution >= 0.6 is 0 Å².